The number of piperidine rings is 2. The van der Waals surface area contributed by atoms with Gasteiger partial charge in [-0.3, -0.25) is 4.98 Å². The first-order valence-electron chi connectivity index (χ1n) is 10.3. The minimum absolute atomic E-state index is 0.176. The van der Waals surface area contributed by atoms with Gasteiger partial charge in [0.15, 0.2) is 0 Å². The van der Waals surface area contributed by atoms with Gasteiger partial charge in [-0.2, -0.15) is 17.5 Å². The number of halogens is 3. The molecule has 9 heteroatoms. The molecular weight excluding hydrogens is 403 g/mol. The van der Waals surface area contributed by atoms with Crippen molar-refractivity contribution in [2.45, 2.75) is 57.0 Å². The summed E-state index contributed by atoms with van der Waals surface area (Å²) in [5, 5.41) is 0. The third-order valence-electron chi connectivity index (χ3n) is 6.39. The van der Waals surface area contributed by atoms with E-state index in [-0.39, 0.29) is 10.3 Å². The predicted molar refractivity (Wildman–Crippen MR) is 105 cm³/mol. The van der Waals surface area contributed by atoms with Crippen LogP contribution in [0.15, 0.2) is 23.2 Å². The van der Waals surface area contributed by atoms with Gasteiger partial charge in [0.1, 0.15) is 10.6 Å². The van der Waals surface area contributed by atoms with E-state index in [9.17, 15) is 21.6 Å². The van der Waals surface area contributed by atoms with Crippen LogP contribution in [-0.4, -0.2) is 55.3 Å². The Balaban J connectivity index is 1.57. The average molecular weight is 434 g/mol. The molecule has 2 fully saturated rings. The smallest absolute Gasteiger partial charge is 0.303 e. The molecule has 2 saturated heterocycles. The van der Waals surface area contributed by atoms with Crippen LogP contribution in [0.5, 0.6) is 0 Å². The Morgan fingerprint density at radius 2 is 1.66 bits per heavy atom. The lowest BCUT2D eigenvalue weighted by molar-refractivity contribution is -0.141. The van der Waals surface area contributed by atoms with E-state index in [0.29, 0.717) is 19.0 Å². The molecule has 0 bridgehead atoms. The molecule has 0 saturated carbocycles. The third-order valence-corrected chi connectivity index (χ3v) is 8.27. The second-order valence-corrected chi connectivity index (χ2v) is 10.7. The summed E-state index contributed by atoms with van der Waals surface area (Å²) in [6.45, 7) is 8.52. The molecule has 0 N–H and O–H groups in total. The molecule has 0 aromatic carbocycles. The maximum Gasteiger partial charge on any atom is 0.433 e. The van der Waals surface area contributed by atoms with Gasteiger partial charge in [-0.15, -0.1) is 0 Å². The van der Waals surface area contributed by atoms with Crippen molar-refractivity contribution >= 4 is 10.0 Å². The van der Waals surface area contributed by atoms with E-state index in [0.717, 1.165) is 63.6 Å². The fourth-order valence-electron chi connectivity index (χ4n) is 4.24. The number of sulfonamides is 1. The van der Waals surface area contributed by atoms with Gasteiger partial charge in [0, 0.05) is 19.3 Å². The summed E-state index contributed by atoms with van der Waals surface area (Å²) in [6, 6.07) is 1.73. The molecule has 1 spiro atoms. The number of hydrogen-bond donors (Lipinski definition) is 0. The van der Waals surface area contributed by atoms with Crippen LogP contribution in [0.3, 0.4) is 0 Å². The molecule has 0 radical (unpaired) electrons. The molecule has 1 aromatic heterocycles. The Morgan fingerprint density at radius 1 is 1.07 bits per heavy atom. The minimum atomic E-state index is -4.58. The van der Waals surface area contributed by atoms with Crippen LogP contribution in [0.25, 0.3) is 0 Å². The molecule has 0 amide bonds. The molecule has 0 unspecified atom stereocenters. The van der Waals surface area contributed by atoms with E-state index in [4.69, 9.17) is 0 Å². The topological polar surface area (TPSA) is 53.5 Å². The van der Waals surface area contributed by atoms with Crippen LogP contribution >= 0.6 is 0 Å². The van der Waals surface area contributed by atoms with Gasteiger partial charge < -0.3 is 4.90 Å². The summed E-state index contributed by atoms with van der Waals surface area (Å²) in [5.74, 6) is 0.694. The first-order chi connectivity index (χ1) is 13.5. The number of likely N-dealkylation sites (tertiary alicyclic amines) is 1. The highest BCUT2D eigenvalue weighted by Crippen LogP contribution is 2.42. The Labute approximate surface area is 171 Å². The van der Waals surface area contributed by atoms with E-state index in [1.807, 2.05) is 0 Å². The molecule has 29 heavy (non-hydrogen) atoms. The lowest BCUT2D eigenvalue weighted by Gasteiger charge is -2.46. The summed E-state index contributed by atoms with van der Waals surface area (Å²) >= 11 is 0. The molecule has 1 aromatic rings. The van der Waals surface area contributed by atoms with Crippen molar-refractivity contribution in [2.24, 2.45) is 11.3 Å². The first kappa shape index (κ1) is 22.5. The van der Waals surface area contributed by atoms with Crippen molar-refractivity contribution in [3.8, 4) is 0 Å². The first-order valence-corrected chi connectivity index (χ1v) is 11.7. The SMILES string of the molecule is CC(C)CCN1CCC2(CC1)CCN(S(=O)(=O)c1ccc(C(F)(F)F)nc1)CC2. The molecule has 0 aliphatic carbocycles. The van der Waals surface area contributed by atoms with Crippen LogP contribution in [-0.2, 0) is 16.2 Å². The second kappa shape index (κ2) is 8.51. The lowest BCUT2D eigenvalue weighted by Crippen LogP contribution is -2.48. The Bertz CT molecular complexity index is 776. The zero-order chi connectivity index (χ0) is 21.3. The van der Waals surface area contributed by atoms with E-state index in [1.54, 1.807) is 0 Å². The van der Waals surface area contributed by atoms with Gasteiger partial charge >= 0.3 is 6.18 Å². The molecule has 3 rings (SSSR count). The highest BCUT2D eigenvalue weighted by Gasteiger charge is 2.40. The summed E-state index contributed by atoms with van der Waals surface area (Å²) < 4.78 is 65.0. The number of alkyl halides is 3. The number of hydrogen-bond acceptors (Lipinski definition) is 4. The quantitative estimate of drug-likeness (QED) is 0.704. The van der Waals surface area contributed by atoms with Crippen molar-refractivity contribution < 1.29 is 21.6 Å². The highest BCUT2D eigenvalue weighted by atomic mass is 32.2. The standard InChI is InChI=1S/C20H30F3N3O2S/c1-16(2)5-10-25-11-6-19(7-12-25)8-13-26(14-9-19)29(27,28)17-3-4-18(24-15-17)20(21,22)23/h3-4,15-16H,5-14H2,1-2H3. The molecular formula is C20H30F3N3O2S. The molecule has 3 heterocycles. The van der Waals surface area contributed by atoms with E-state index < -0.39 is 21.9 Å². The maximum atomic E-state index is 12.8. The fourth-order valence-corrected chi connectivity index (χ4v) is 5.63. The summed E-state index contributed by atoms with van der Waals surface area (Å²) in [6.07, 6.45) is 1.21. The van der Waals surface area contributed by atoms with Crippen molar-refractivity contribution in [2.75, 3.05) is 32.7 Å². The number of rotatable bonds is 5. The van der Waals surface area contributed by atoms with Crippen molar-refractivity contribution in [3.63, 3.8) is 0 Å². The third kappa shape index (κ3) is 5.30. The summed E-state index contributed by atoms with van der Waals surface area (Å²) in [5.41, 5.74) is -0.892. The van der Waals surface area contributed by atoms with E-state index >= 15 is 0 Å². The van der Waals surface area contributed by atoms with Gasteiger partial charge in [0.25, 0.3) is 0 Å². The summed E-state index contributed by atoms with van der Waals surface area (Å²) in [7, 11) is -3.82. The summed E-state index contributed by atoms with van der Waals surface area (Å²) in [4.78, 5) is 5.62. The van der Waals surface area contributed by atoms with Crippen molar-refractivity contribution in [3.05, 3.63) is 24.0 Å². The van der Waals surface area contributed by atoms with Gasteiger partial charge in [0.05, 0.1) is 0 Å². The molecule has 2 aliphatic rings. The molecule has 164 valence electrons. The number of nitrogens with zero attached hydrogens (tertiary/aromatic N) is 3. The fraction of sp³-hybridized carbons (Fsp3) is 0.750. The van der Waals surface area contributed by atoms with Crippen LogP contribution in [0.2, 0.25) is 0 Å². The van der Waals surface area contributed by atoms with Crippen LogP contribution < -0.4 is 0 Å². The maximum absolute atomic E-state index is 12.8. The zero-order valence-corrected chi connectivity index (χ0v) is 17.9. The number of pyridine rings is 1. The van der Waals surface area contributed by atoms with E-state index in [1.165, 1.54) is 10.7 Å². The normalized spacial score (nSPS) is 21.7. The minimum Gasteiger partial charge on any atom is -0.303 e. The zero-order valence-electron chi connectivity index (χ0n) is 17.1. The van der Waals surface area contributed by atoms with Gasteiger partial charge in [0.2, 0.25) is 10.0 Å². The Kier molecular flexibility index (Phi) is 6.60. The van der Waals surface area contributed by atoms with Crippen LogP contribution in [0, 0.1) is 11.3 Å². The molecule has 0 atom stereocenters. The second-order valence-electron chi connectivity index (χ2n) is 8.81. The van der Waals surface area contributed by atoms with Gasteiger partial charge in [-0.05, 0) is 75.2 Å². The van der Waals surface area contributed by atoms with Crippen molar-refractivity contribution in [1.29, 1.82) is 0 Å². The lowest BCUT2D eigenvalue weighted by atomic mass is 9.71. The van der Waals surface area contributed by atoms with Crippen LogP contribution in [0.1, 0.15) is 51.6 Å². The highest BCUT2D eigenvalue weighted by molar-refractivity contribution is 7.89. The largest absolute Gasteiger partial charge is 0.433 e. The molecule has 5 nitrogen and oxygen atoms in total. The van der Waals surface area contributed by atoms with Gasteiger partial charge in [-0.1, -0.05) is 13.8 Å². The monoisotopic (exact) mass is 433 g/mol. The average Bonchev–Trinajstić information content (AvgIpc) is 2.67. The predicted octanol–water partition coefficient (Wildman–Crippen LogP) is 4.01. The Morgan fingerprint density at radius 3 is 2.14 bits per heavy atom. The Hall–Kier alpha value is -1.19. The van der Waals surface area contributed by atoms with Crippen molar-refractivity contribution in [1.82, 2.24) is 14.2 Å². The number of aromatic nitrogens is 1. The van der Waals surface area contributed by atoms with Gasteiger partial charge in [-0.25, -0.2) is 8.42 Å². The van der Waals surface area contributed by atoms with Crippen LogP contribution in [0.4, 0.5) is 13.2 Å². The van der Waals surface area contributed by atoms with E-state index in [2.05, 4.69) is 23.7 Å². The molecule has 2 aliphatic heterocycles.